The second-order valence-electron chi connectivity index (χ2n) is 14.9. The van der Waals surface area contributed by atoms with Crippen LogP contribution in [0.5, 0.6) is 23.0 Å². The quantitative estimate of drug-likeness (QED) is 0.107. The molecule has 0 aromatic heterocycles. The molecule has 6 rings (SSSR count). The number of ether oxygens (including phenoxy) is 4. The molecule has 0 aliphatic rings. The normalized spacial score (nSPS) is 11.4. The lowest BCUT2D eigenvalue weighted by Gasteiger charge is -2.26. The number of methoxy groups -OCH3 is 2. The van der Waals surface area contributed by atoms with Gasteiger partial charge in [0.1, 0.15) is 13.2 Å². The summed E-state index contributed by atoms with van der Waals surface area (Å²) < 4.78 is 25.0. The third-order valence-electron chi connectivity index (χ3n) is 10.4. The van der Waals surface area contributed by atoms with Gasteiger partial charge in [0.05, 0.1) is 27.1 Å². The minimum atomic E-state index is -1.01. The van der Waals surface area contributed by atoms with Gasteiger partial charge in [0, 0.05) is 11.1 Å². The van der Waals surface area contributed by atoms with Crippen molar-refractivity contribution in [2.24, 2.45) is 0 Å². The van der Waals surface area contributed by atoms with Crippen molar-refractivity contribution in [3.05, 3.63) is 129 Å². The molecule has 0 spiro atoms. The van der Waals surface area contributed by atoms with Gasteiger partial charge in [-0.25, -0.2) is 0 Å². The number of carboxylic acid groups (broad SMARTS) is 2. The Morgan fingerprint density at radius 2 is 0.911 bits per heavy atom. The number of aliphatic carboxylic acids is 2. The molecule has 0 saturated heterocycles. The Hall–Kier alpha value is -6.02. The van der Waals surface area contributed by atoms with Gasteiger partial charge in [-0.2, -0.15) is 0 Å². The number of fused-ring (bicyclic) bond motifs is 2. The van der Waals surface area contributed by atoms with Crippen molar-refractivity contribution >= 4 is 33.5 Å². The Morgan fingerprint density at radius 1 is 0.554 bits per heavy atom. The molecule has 8 nitrogen and oxygen atoms in total. The van der Waals surface area contributed by atoms with Crippen LogP contribution >= 0.6 is 0 Å². The van der Waals surface area contributed by atoms with Gasteiger partial charge in [0.15, 0.2) is 23.0 Å². The van der Waals surface area contributed by atoms with E-state index in [2.05, 4.69) is 39.8 Å². The monoisotopic (exact) mass is 754 g/mol. The van der Waals surface area contributed by atoms with Gasteiger partial charge < -0.3 is 29.2 Å². The second-order valence-corrected chi connectivity index (χ2v) is 14.9. The number of rotatable bonds is 15. The molecule has 0 radical (unpaired) electrons. The maximum atomic E-state index is 12.8. The van der Waals surface area contributed by atoms with Crippen molar-refractivity contribution in [3.8, 4) is 34.1 Å². The third-order valence-corrected chi connectivity index (χ3v) is 10.4. The van der Waals surface area contributed by atoms with E-state index in [4.69, 9.17) is 18.9 Å². The van der Waals surface area contributed by atoms with E-state index in [0.29, 0.717) is 56.0 Å². The van der Waals surface area contributed by atoms with Crippen LogP contribution in [-0.4, -0.2) is 36.4 Å². The van der Waals surface area contributed by atoms with Crippen molar-refractivity contribution < 1.29 is 38.7 Å². The van der Waals surface area contributed by atoms with Crippen LogP contribution in [0.15, 0.2) is 84.9 Å². The summed E-state index contributed by atoms with van der Waals surface area (Å²) in [4.78, 5) is 25.7. The summed E-state index contributed by atoms with van der Waals surface area (Å²) in [7, 11) is 3.24. The van der Waals surface area contributed by atoms with Crippen LogP contribution in [0, 0.1) is 13.8 Å². The Kier molecular flexibility index (Phi) is 11.9. The summed E-state index contributed by atoms with van der Waals surface area (Å²) in [5.41, 5.74) is 7.95. The fourth-order valence-electron chi connectivity index (χ4n) is 8.10. The summed E-state index contributed by atoms with van der Waals surface area (Å²) in [6, 6.07) is 27.6. The topological polar surface area (TPSA) is 112 Å². The summed E-state index contributed by atoms with van der Waals surface area (Å²) in [6.07, 6.45) is -0.602. The molecule has 0 aliphatic heterocycles. The molecule has 0 unspecified atom stereocenters. The molecule has 8 heteroatoms. The first-order chi connectivity index (χ1) is 26.8. The molecule has 0 heterocycles. The fourth-order valence-corrected chi connectivity index (χ4v) is 8.10. The summed E-state index contributed by atoms with van der Waals surface area (Å²) in [5.74, 6) is 0.195. The molecule has 6 aromatic rings. The standard InChI is InChI=1S/C48H50O8/c1-27(2)43-35-19-29(5)45(37(23-41(49)50)33(35)21-39(47(43)53-7)55-25-31-15-11-9-12-16-31)46-30(6)20-36-34(38(46)24-42(51)52)22-40(48(54-8)44(36)28(3)4)56-26-32-17-13-10-14-18-32/h9-22,27-28H,23-26H2,1-8H3,(H,49,50)(H,51,52). The van der Waals surface area contributed by atoms with Crippen LogP contribution < -0.4 is 18.9 Å². The first kappa shape index (κ1) is 39.7. The lowest BCUT2D eigenvalue weighted by molar-refractivity contribution is -0.137. The second kappa shape index (κ2) is 16.8. The van der Waals surface area contributed by atoms with Gasteiger partial charge in [-0.15, -0.1) is 0 Å². The molecule has 0 saturated carbocycles. The number of hydrogen-bond acceptors (Lipinski definition) is 6. The minimum absolute atomic E-state index is 0.000582. The number of benzene rings is 6. The largest absolute Gasteiger partial charge is 0.493 e. The number of carbonyl (C=O) groups is 2. The van der Waals surface area contributed by atoms with Crippen LogP contribution in [0.2, 0.25) is 0 Å². The first-order valence-electron chi connectivity index (χ1n) is 19.0. The third kappa shape index (κ3) is 7.87. The highest BCUT2D eigenvalue weighted by Gasteiger charge is 2.29. The lowest BCUT2D eigenvalue weighted by atomic mass is 9.79. The Morgan fingerprint density at radius 3 is 1.21 bits per heavy atom. The molecule has 6 aromatic carbocycles. The van der Waals surface area contributed by atoms with E-state index in [1.54, 1.807) is 14.2 Å². The predicted octanol–water partition coefficient (Wildman–Crippen LogP) is 11.0. The van der Waals surface area contributed by atoms with E-state index in [1.165, 1.54) is 0 Å². The Balaban J connectivity index is 1.70. The van der Waals surface area contributed by atoms with Crippen LogP contribution in [-0.2, 0) is 35.6 Å². The molecule has 0 aliphatic carbocycles. The fraction of sp³-hybridized carbons (Fsp3) is 0.292. The highest BCUT2D eigenvalue weighted by Crippen LogP contribution is 2.50. The van der Waals surface area contributed by atoms with Gasteiger partial charge in [0.25, 0.3) is 0 Å². The maximum absolute atomic E-state index is 12.8. The van der Waals surface area contributed by atoms with Gasteiger partial charge in [-0.1, -0.05) is 100 Å². The number of aryl methyl sites for hydroxylation is 2. The van der Waals surface area contributed by atoms with E-state index in [9.17, 15) is 19.8 Å². The molecular weight excluding hydrogens is 705 g/mol. The van der Waals surface area contributed by atoms with E-state index in [-0.39, 0.29) is 37.9 Å². The molecule has 56 heavy (non-hydrogen) atoms. The number of carboxylic acids is 2. The molecular formula is C48H50O8. The van der Waals surface area contributed by atoms with Gasteiger partial charge in [0.2, 0.25) is 0 Å². The maximum Gasteiger partial charge on any atom is 0.307 e. The number of hydrogen-bond donors (Lipinski definition) is 2. The van der Waals surface area contributed by atoms with Crippen LogP contribution in [0.25, 0.3) is 32.7 Å². The SMILES string of the molecule is COc1c(OCc2ccccc2)cc2c(CC(=O)O)c(-c3c(C)cc4c(C(C)C)c(OC)c(OCc5ccccc5)cc4c3CC(=O)O)c(C)cc2c1C(C)C. The van der Waals surface area contributed by atoms with Crippen molar-refractivity contribution in [2.45, 2.75) is 79.4 Å². The highest BCUT2D eigenvalue weighted by molar-refractivity contribution is 6.05. The van der Waals surface area contributed by atoms with Crippen molar-refractivity contribution in [3.63, 3.8) is 0 Å². The van der Waals surface area contributed by atoms with E-state index in [0.717, 1.165) is 44.2 Å². The summed E-state index contributed by atoms with van der Waals surface area (Å²) >= 11 is 0. The Labute approximate surface area is 328 Å². The average molecular weight is 755 g/mol. The molecule has 0 fully saturated rings. The van der Waals surface area contributed by atoms with Crippen LogP contribution in [0.3, 0.4) is 0 Å². The van der Waals surface area contributed by atoms with E-state index in [1.807, 2.05) is 86.6 Å². The van der Waals surface area contributed by atoms with Crippen LogP contribution in [0.1, 0.15) is 84.0 Å². The molecule has 0 bridgehead atoms. The zero-order valence-electron chi connectivity index (χ0n) is 33.4. The van der Waals surface area contributed by atoms with Crippen molar-refractivity contribution in [1.29, 1.82) is 0 Å². The van der Waals surface area contributed by atoms with Crippen molar-refractivity contribution in [2.75, 3.05) is 14.2 Å². The average Bonchev–Trinajstić information content (AvgIpc) is 3.16. The van der Waals surface area contributed by atoms with Gasteiger partial charge in [-0.05, 0) is 104 Å². The van der Waals surface area contributed by atoms with E-state index < -0.39 is 11.9 Å². The molecule has 290 valence electrons. The smallest absolute Gasteiger partial charge is 0.307 e. The predicted molar refractivity (Wildman–Crippen MR) is 222 cm³/mol. The Bertz CT molecular complexity index is 2240. The van der Waals surface area contributed by atoms with Gasteiger partial charge in [-0.3, -0.25) is 9.59 Å². The summed E-state index contributed by atoms with van der Waals surface area (Å²) in [5, 5.41) is 24.2. The first-order valence-corrected chi connectivity index (χ1v) is 19.0. The molecule has 0 amide bonds. The zero-order chi connectivity index (χ0) is 40.3. The van der Waals surface area contributed by atoms with Crippen LogP contribution in [0.4, 0.5) is 0 Å². The summed E-state index contributed by atoms with van der Waals surface area (Å²) in [6.45, 7) is 12.8. The zero-order valence-corrected chi connectivity index (χ0v) is 33.4. The van der Waals surface area contributed by atoms with Gasteiger partial charge >= 0.3 is 11.9 Å². The minimum Gasteiger partial charge on any atom is -0.493 e. The molecule has 0 atom stereocenters. The highest BCUT2D eigenvalue weighted by atomic mass is 16.5. The van der Waals surface area contributed by atoms with Crippen molar-refractivity contribution in [1.82, 2.24) is 0 Å². The lowest BCUT2D eigenvalue weighted by Crippen LogP contribution is -2.11. The van der Waals surface area contributed by atoms with E-state index >= 15 is 0 Å². The molecule has 2 N–H and O–H groups in total.